The molecule has 0 saturated carbocycles. The third-order valence-electron chi connectivity index (χ3n) is 2.50. The summed E-state index contributed by atoms with van der Waals surface area (Å²) in [4.78, 5) is 4.11. The molecule has 0 fully saturated rings. The Morgan fingerprint density at radius 3 is 2.83 bits per heavy atom. The van der Waals surface area contributed by atoms with Gasteiger partial charge < -0.3 is 15.2 Å². The summed E-state index contributed by atoms with van der Waals surface area (Å²) in [5.74, 6) is 0.965. The van der Waals surface area contributed by atoms with Crippen LogP contribution in [0.4, 0.5) is 5.69 Å². The third-order valence-corrected chi connectivity index (χ3v) is 2.97. The number of rotatable bonds is 4. The lowest BCUT2D eigenvalue weighted by Gasteiger charge is -2.09. The fraction of sp³-hybridized carbons (Fsp3) is 0.154. The number of phenolic OH excluding ortho intramolecular Hbond substituents is 1. The van der Waals surface area contributed by atoms with Gasteiger partial charge in [-0.1, -0.05) is 0 Å². The molecule has 0 aliphatic rings. The van der Waals surface area contributed by atoms with Gasteiger partial charge in [-0.2, -0.15) is 0 Å². The monoisotopic (exact) mass is 308 g/mol. The number of anilines is 1. The number of phenols is 1. The number of hydrogen-bond acceptors (Lipinski definition) is 4. The fourth-order valence-electron chi connectivity index (χ4n) is 1.51. The molecule has 0 radical (unpaired) electrons. The van der Waals surface area contributed by atoms with E-state index in [0.29, 0.717) is 6.54 Å². The van der Waals surface area contributed by atoms with Gasteiger partial charge in [-0.3, -0.25) is 0 Å². The molecule has 0 aliphatic heterocycles. The summed E-state index contributed by atoms with van der Waals surface area (Å²) >= 11 is 3.28. The van der Waals surface area contributed by atoms with Crippen LogP contribution in [-0.2, 0) is 6.54 Å². The normalized spacial score (nSPS) is 10.1. The molecule has 94 valence electrons. The van der Waals surface area contributed by atoms with Crippen LogP contribution in [0.2, 0.25) is 0 Å². The highest BCUT2D eigenvalue weighted by Gasteiger charge is 2.03. The summed E-state index contributed by atoms with van der Waals surface area (Å²) in [6.45, 7) is 0.506. The van der Waals surface area contributed by atoms with Crippen molar-refractivity contribution in [2.75, 3.05) is 12.4 Å². The number of pyridine rings is 1. The summed E-state index contributed by atoms with van der Waals surface area (Å²) < 4.78 is 5.91. The highest BCUT2D eigenvalue weighted by Crippen LogP contribution is 2.23. The fourth-order valence-corrected chi connectivity index (χ4v) is 1.74. The molecule has 18 heavy (non-hydrogen) atoms. The van der Waals surface area contributed by atoms with Crippen molar-refractivity contribution in [1.82, 2.24) is 4.98 Å². The molecule has 0 amide bonds. The van der Waals surface area contributed by atoms with Crippen LogP contribution in [0.15, 0.2) is 41.1 Å². The molecule has 1 aromatic heterocycles. The molecular weight excluding hydrogens is 296 g/mol. The maximum atomic E-state index is 9.73. The molecule has 0 spiro atoms. The van der Waals surface area contributed by atoms with E-state index in [9.17, 15) is 5.11 Å². The zero-order valence-corrected chi connectivity index (χ0v) is 11.4. The van der Waals surface area contributed by atoms with Crippen molar-refractivity contribution in [2.24, 2.45) is 0 Å². The quantitative estimate of drug-likeness (QED) is 0.852. The number of aromatic hydroxyl groups is 1. The summed E-state index contributed by atoms with van der Waals surface area (Å²) in [7, 11) is 1.60. The lowest BCUT2D eigenvalue weighted by molar-refractivity contribution is 0.411. The van der Waals surface area contributed by atoms with Crippen LogP contribution in [0.25, 0.3) is 0 Å². The number of halogens is 1. The van der Waals surface area contributed by atoms with Crippen LogP contribution < -0.4 is 10.1 Å². The Hall–Kier alpha value is -1.75. The van der Waals surface area contributed by atoms with Gasteiger partial charge in [0, 0.05) is 12.1 Å². The van der Waals surface area contributed by atoms with E-state index in [1.165, 1.54) is 0 Å². The third kappa shape index (κ3) is 3.13. The molecule has 0 aliphatic carbocycles. The van der Waals surface area contributed by atoms with Gasteiger partial charge in [0.1, 0.15) is 16.1 Å². The van der Waals surface area contributed by atoms with Crippen molar-refractivity contribution in [3.05, 3.63) is 46.7 Å². The first kappa shape index (κ1) is 12.7. The molecule has 1 aromatic carbocycles. The Bertz CT molecular complexity index is 529. The van der Waals surface area contributed by atoms with E-state index in [-0.39, 0.29) is 5.75 Å². The zero-order chi connectivity index (χ0) is 13.0. The molecule has 0 atom stereocenters. The van der Waals surface area contributed by atoms with Crippen LogP contribution >= 0.6 is 15.9 Å². The minimum absolute atomic E-state index is 0.244. The molecule has 1 heterocycles. The van der Waals surface area contributed by atoms with Crippen molar-refractivity contribution in [3.63, 3.8) is 0 Å². The maximum absolute atomic E-state index is 9.73. The van der Waals surface area contributed by atoms with Crippen molar-refractivity contribution in [2.45, 2.75) is 6.54 Å². The number of nitrogens with one attached hydrogen (secondary N) is 1. The number of benzene rings is 1. The highest BCUT2D eigenvalue weighted by atomic mass is 79.9. The summed E-state index contributed by atoms with van der Waals surface area (Å²) in [5, 5.41) is 12.9. The SMILES string of the molecule is COc1ccc(O)c(CNc2ccc(Br)nc2)c1. The molecule has 2 aromatic rings. The van der Waals surface area contributed by atoms with Gasteiger partial charge in [0.15, 0.2) is 0 Å². The Morgan fingerprint density at radius 1 is 1.33 bits per heavy atom. The smallest absolute Gasteiger partial charge is 0.120 e. The molecule has 4 nitrogen and oxygen atoms in total. The topological polar surface area (TPSA) is 54.4 Å². The van der Waals surface area contributed by atoms with Gasteiger partial charge in [0.05, 0.1) is 19.0 Å². The van der Waals surface area contributed by atoms with Gasteiger partial charge in [0.25, 0.3) is 0 Å². The number of nitrogens with zero attached hydrogens (tertiary/aromatic N) is 1. The second-order valence-electron chi connectivity index (χ2n) is 3.72. The lowest BCUT2D eigenvalue weighted by atomic mass is 10.2. The zero-order valence-electron chi connectivity index (χ0n) is 9.85. The Kier molecular flexibility index (Phi) is 4.04. The Balaban J connectivity index is 2.07. The van der Waals surface area contributed by atoms with Crippen molar-refractivity contribution >= 4 is 21.6 Å². The van der Waals surface area contributed by atoms with Crippen LogP contribution in [0.1, 0.15) is 5.56 Å². The second-order valence-corrected chi connectivity index (χ2v) is 4.53. The van der Waals surface area contributed by atoms with Crippen LogP contribution in [0, 0.1) is 0 Å². The second kappa shape index (κ2) is 5.73. The molecule has 0 bridgehead atoms. The predicted molar refractivity (Wildman–Crippen MR) is 73.9 cm³/mol. The average molecular weight is 309 g/mol. The molecule has 2 rings (SSSR count). The lowest BCUT2D eigenvalue weighted by Crippen LogP contribution is -2.00. The maximum Gasteiger partial charge on any atom is 0.120 e. The minimum atomic E-state index is 0.244. The number of methoxy groups -OCH3 is 1. The first-order valence-corrected chi connectivity index (χ1v) is 6.19. The van der Waals surface area contributed by atoms with Gasteiger partial charge in [-0.05, 0) is 46.3 Å². The van der Waals surface area contributed by atoms with E-state index in [2.05, 4.69) is 26.2 Å². The predicted octanol–water partition coefficient (Wildman–Crippen LogP) is 3.17. The van der Waals surface area contributed by atoms with E-state index in [0.717, 1.165) is 21.6 Å². The average Bonchev–Trinajstić information content (AvgIpc) is 2.40. The van der Waals surface area contributed by atoms with Gasteiger partial charge in [-0.15, -0.1) is 0 Å². The summed E-state index contributed by atoms with van der Waals surface area (Å²) in [6, 6.07) is 8.91. The molecule has 0 saturated heterocycles. The van der Waals surface area contributed by atoms with E-state index in [4.69, 9.17) is 4.74 Å². The van der Waals surface area contributed by atoms with E-state index < -0.39 is 0 Å². The van der Waals surface area contributed by atoms with Crippen molar-refractivity contribution < 1.29 is 9.84 Å². The first-order valence-electron chi connectivity index (χ1n) is 5.40. The van der Waals surface area contributed by atoms with Gasteiger partial charge in [0.2, 0.25) is 0 Å². The van der Waals surface area contributed by atoms with E-state index >= 15 is 0 Å². The number of aromatic nitrogens is 1. The molecular formula is C13H13BrN2O2. The van der Waals surface area contributed by atoms with Crippen molar-refractivity contribution in [1.29, 1.82) is 0 Å². The molecule has 0 unspecified atom stereocenters. The van der Waals surface area contributed by atoms with Crippen LogP contribution in [0.3, 0.4) is 0 Å². The Morgan fingerprint density at radius 2 is 2.17 bits per heavy atom. The summed E-state index contributed by atoms with van der Waals surface area (Å²) in [6.07, 6.45) is 1.72. The van der Waals surface area contributed by atoms with Crippen LogP contribution in [-0.4, -0.2) is 17.2 Å². The van der Waals surface area contributed by atoms with Gasteiger partial charge >= 0.3 is 0 Å². The number of ether oxygens (including phenoxy) is 1. The van der Waals surface area contributed by atoms with Gasteiger partial charge in [-0.25, -0.2) is 4.98 Å². The highest BCUT2D eigenvalue weighted by molar-refractivity contribution is 9.10. The largest absolute Gasteiger partial charge is 0.508 e. The first-order chi connectivity index (χ1) is 8.69. The molecule has 5 heteroatoms. The summed E-state index contributed by atoms with van der Waals surface area (Å²) in [5.41, 5.74) is 1.66. The van der Waals surface area contributed by atoms with Crippen molar-refractivity contribution in [3.8, 4) is 11.5 Å². The van der Waals surface area contributed by atoms with E-state index in [1.54, 1.807) is 31.5 Å². The van der Waals surface area contributed by atoms with Crippen LogP contribution in [0.5, 0.6) is 11.5 Å². The minimum Gasteiger partial charge on any atom is -0.508 e. The molecule has 2 N–H and O–H groups in total. The standard InChI is InChI=1S/C13H13BrN2O2/c1-18-11-3-4-12(17)9(6-11)7-15-10-2-5-13(14)16-8-10/h2-6,8,15,17H,7H2,1H3. The van der Waals surface area contributed by atoms with E-state index in [1.807, 2.05) is 12.1 Å². The number of hydrogen-bond donors (Lipinski definition) is 2. The Labute approximate surface area is 114 Å².